The van der Waals surface area contributed by atoms with Gasteiger partial charge in [0.05, 0.1) is 10.6 Å². The zero-order valence-corrected chi connectivity index (χ0v) is 18.9. The lowest BCUT2D eigenvalue weighted by molar-refractivity contribution is -0.116. The van der Waals surface area contributed by atoms with Crippen LogP contribution in [0.1, 0.15) is 37.7 Å². The largest absolute Gasteiger partial charge is 0.352 e. The maximum atomic E-state index is 12.1. The lowest BCUT2D eigenvalue weighted by Gasteiger charge is -2.06. The molecule has 0 radical (unpaired) electrons. The summed E-state index contributed by atoms with van der Waals surface area (Å²) in [4.78, 5) is 36.3. The van der Waals surface area contributed by atoms with Crippen LogP contribution in [0, 0.1) is 6.92 Å². The molecule has 2 aromatic carbocycles. The van der Waals surface area contributed by atoms with Crippen LogP contribution < -0.4 is 16.0 Å². The SMILES string of the molecule is Cc1cccc(C(=O)NCCC(=O)Nc2nnc(CCNC(=O)c3ccccc3Cl)s2)c1. The van der Waals surface area contributed by atoms with E-state index in [0.29, 0.717) is 39.3 Å². The minimum Gasteiger partial charge on any atom is -0.352 e. The molecule has 10 heteroatoms. The number of amides is 3. The monoisotopic (exact) mass is 471 g/mol. The van der Waals surface area contributed by atoms with Gasteiger partial charge in [-0.05, 0) is 31.2 Å². The average molecular weight is 472 g/mol. The van der Waals surface area contributed by atoms with Gasteiger partial charge in [-0.2, -0.15) is 0 Å². The quantitative estimate of drug-likeness (QED) is 0.443. The number of benzene rings is 2. The standard InChI is InChI=1S/C22H22ClN5O3S/c1-14-5-4-6-15(13-14)20(30)24-11-9-18(29)26-22-28-27-19(32-22)10-12-25-21(31)16-7-2-3-8-17(16)23/h2-8,13H,9-12H2,1H3,(H,24,30)(H,25,31)(H,26,28,29). The first kappa shape index (κ1) is 23.4. The third kappa shape index (κ3) is 6.86. The second-order valence-electron chi connectivity index (χ2n) is 6.91. The number of nitrogens with zero attached hydrogens (tertiary/aromatic N) is 2. The summed E-state index contributed by atoms with van der Waals surface area (Å²) in [6.45, 7) is 2.48. The van der Waals surface area contributed by atoms with Crippen molar-refractivity contribution in [1.29, 1.82) is 0 Å². The molecule has 3 aromatic rings. The van der Waals surface area contributed by atoms with E-state index < -0.39 is 0 Å². The average Bonchev–Trinajstić information content (AvgIpc) is 3.20. The fourth-order valence-corrected chi connectivity index (χ4v) is 3.77. The molecule has 3 N–H and O–H groups in total. The Balaban J connectivity index is 1.38. The summed E-state index contributed by atoms with van der Waals surface area (Å²) in [6.07, 6.45) is 0.580. The molecule has 0 saturated carbocycles. The lowest BCUT2D eigenvalue weighted by atomic mass is 10.1. The summed E-state index contributed by atoms with van der Waals surface area (Å²) >= 11 is 7.24. The molecule has 0 aliphatic rings. The van der Waals surface area contributed by atoms with Gasteiger partial charge in [0.2, 0.25) is 11.0 Å². The minimum atomic E-state index is -0.274. The van der Waals surface area contributed by atoms with E-state index in [0.717, 1.165) is 5.56 Å². The number of halogens is 1. The molecule has 0 fully saturated rings. The van der Waals surface area contributed by atoms with Gasteiger partial charge in [-0.25, -0.2) is 0 Å². The number of nitrogens with one attached hydrogen (secondary N) is 3. The molecule has 1 aromatic heterocycles. The summed E-state index contributed by atoms with van der Waals surface area (Å²) in [5.74, 6) is -0.760. The van der Waals surface area contributed by atoms with Crippen LogP contribution in [0.15, 0.2) is 48.5 Å². The van der Waals surface area contributed by atoms with Crippen LogP contribution in [0.2, 0.25) is 5.02 Å². The topological polar surface area (TPSA) is 113 Å². The number of anilines is 1. The van der Waals surface area contributed by atoms with Crippen molar-refractivity contribution in [3.8, 4) is 0 Å². The molecule has 0 aliphatic heterocycles. The fraction of sp³-hybridized carbons (Fsp3) is 0.227. The molecule has 0 aliphatic carbocycles. The third-order valence-corrected chi connectivity index (χ3v) is 5.60. The Morgan fingerprint density at radius 2 is 1.75 bits per heavy atom. The van der Waals surface area contributed by atoms with E-state index in [1.807, 2.05) is 19.1 Å². The van der Waals surface area contributed by atoms with E-state index in [2.05, 4.69) is 26.1 Å². The van der Waals surface area contributed by atoms with Gasteiger partial charge in [0.1, 0.15) is 5.01 Å². The molecule has 3 rings (SSSR count). The van der Waals surface area contributed by atoms with Crippen LogP contribution in [-0.2, 0) is 11.2 Å². The van der Waals surface area contributed by atoms with Gasteiger partial charge < -0.3 is 16.0 Å². The van der Waals surface area contributed by atoms with Gasteiger partial charge in [-0.1, -0.05) is 52.8 Å². The normalized spacial score (nSPS) is 10.4. The van der Waals surface area contributed by atoms with Crippen LogP contribution in [0.5, 0.6) is 0 Å². The number of hydrogen-bond donors (Lipinski definition) is 3. The van der Waals surface area contributed by atoms with Gasteiger partial charge in [-0.3, -0.25) is 14.4 Å². The highest BCUT2D eigenvalue weighted by molar-refractivity contribution is 7.15. The van der Waals surface area contributed by atoms with E-state index in [-0.39, 0.29) is 30.7 Å². The zero-order chi connectivity index (χ0) is 22.9. The molecule has 3 amide bonds. The predicted molar refractivity (Wildman–Crippen MR) is 124 cm³/mol. The molecular formula is C22H22ClN5O3S. The van der Waals surface area contributed by atoms with Crippen molar-refractivity contribution >= 4 is 45.8 Å². The van der Waals surface area contributed by atoms with Gasteiger partial charge in [0.15, 0.2) is 0 Å². The van der Waals surface area contributed by atoms with Crippen LogP contribution >= 0.6 is 22.9 Å². The van der Waals surface area contributed by atoms with E-state index in [9.17, 15) is 14.4 Å². The Morgan fingerprint density at radius 3 is 2.53 bits per heavy atom. The van der Waals surface area contributed by atoms with Crippen LogP contribution in [0.3, 0.4) is 0 Å². The first-order valence-electron chi connectivity index (χ1n) is 9.92. The maximum Gasteiger partial charge on any atom is 0.252 e. The van der Waals surface area contributed by atoms with Crippen molar-refractivity contribution in [2.75, 3.05) is 18.4 Å². The van der Waals surface area contributed by atoms with Crippen LogP contribution in [-0.4, -0.2) is 41.0 Å². The van der Waals surface area contributed by atoms with Gasteiger partial charge >= 0.3 is 0 Å². The summed E-state index contributed by atoms with van der Waals surface area (Å²) in [5, 5.41) is 17.6. The van der Waals surface area contributed by atoms with Crippen molar-refractivity contribution in [3.05, 3.63) is 75.3 Å². The van der Waals surface area contributed by atoms with E-state index in [1.54, 1.807) is 36.4 Å². The highest BCUT2D eigenvalue weighted by Gasteiger charge is 2.12. The third-order valence-electron chi connectivity index (χ3n) is 4.37. The number of aryl methyl sites for hydroxylation is 1. The number of hydrogen-bond acceptors (Lipinski definition) is 6. The summed E-state index contributed by atoms with van der Waals surface area (Å²) in [7, 11) is 0. The Morgan fingerprint density at radius 1 is 0.969 bits per heavy atom. The fourth-order valence-electron chi connectivity index (χ4n) is 2.79. The van der Waals surface area contributed by atoms with Crippen LogP contribution in [0.25, 0.3) is 0 Å². The Kier molecular flexibility index (Phi) is 8.29. The Bertz CT molecular complexity index is 1120. The maximum absolute atomic E-state index is 12.1. The summed E-state index contributed by atoms with van der Waals surface area (Å²) in [6, 6.07) is 14.0. The molecule has 0 spiro atoms. The lowest BCUT2D eigenvalue weighted by Crippen LogP contribution is -2.27. The molecule has 0 bridgehead atoms. The molecule has 1 heterocycles. The number of carbonyl (C=O) groups excluding carboxylic acids is 3. The smallest absolute Gasteiger partial charge is 0.252 e. The summed E-state index contributed by atoms with van der Waals surface area (Å²) in [5.41, 5.74) is 1.96. The molecular weight excluding hydrogens is 450 g/mol. The van der Waals surface area contributed by atoms with Crippen LogP contribution in [0.4, 0.5) is 5.13 Å². The first-order valence-corrected chi connectivity index (χ1v) is 11.1. The second-order valence-corrected chi connectivity index (χ2v) is 8.38. The molecule has 0 atom stereocenters. The van der Waals surface area contributed by atoms with Crippen molar-refractivity contribution < 1.29 is 14.4 Å². The number of carbonyl (C=O) groups is 3. The molecule has 8 nitrogen and oxygen atoms in total. The predicted octanol–water partition coefficient (Wildman–Crippen LogP) is 3.23. The molecule has 0 unspecified atom stereocenters. The number of rotatable bonds is 9. The van der Waals surface area contributed by atoms with Crippen molar-refractivity contribution in [3.63, 3.8) is 0 Å². The van der Waals surface area contributed by atoms with Crippen molar-refractivity contribution in [2.24, 2.45) is 0 Å². The van der Waals surface area contributed by atoms with Crippen molar-refractivity contribution in [1.82, 2.24) is 20.8 Å². The van der Waals surface area contributed by atoms with E-state index in [1.165, 1.54) is 11.3 Å². The van der Waals surface area contributed by atoms with Gasteiger partial charge in [-0.15, -0.1) is 10.2 Å². The highest BCUT2D eigenvalue weighted by Crippen LogP contribution is 2.16. The number of aromatic nitrogens is 2. The molecule has 166 valence electrons. The zero-order valence-electron chi connectivity index (χ0n) is 17.4. The van der Waals surface area contributed by atoms with Gasteiger partial charge in [0, 0.05) is 31.5 Å². The second kappa shape index (κ2) is 11.4. The Labute approximate surface area is 194 Å². The molecule has 0 saturated heterocycles. The molecule has 32 heavy (non-hydrogen) atoms. The highest BCUT2D eigenvalue weighted by atomic mass is 35.5. The Hall–Kier alpha value is -3.30. The van der Waals surface area contributed by atoms with Crippen molar-refractivity contribution in [2.45, 2.75) is 19.8 Å². The van der Waals surface area contributed by atoms with Gasteiger partial charge in [0.25, 0.3) is 11.8 Å². The van der Waals surface area contributed by atoms with E-state index in [4.69, 9.17) is 11.6 Å². The van der Waals surface area contributed by atoms with E-state index >= 15 is 0 Å². The minimum absolute atomic E-state index is 0.111. The summed E-state index contributed by atoms with van der Waals surface area (Å²) < 4.78 is 0. The first-order chi connectivity index (χ1) is 15.4.